The highest BCUT2D eigenvalue weighted by molar-refractivity contribution is 6.16. The fourth-order valence-corrected chi connectivity index (χ4v) is 1.86. The molecule has 0 spiro atoms. The molecule has 0 fully saturated rings. The molecule has 0 aliphatic heterocycles. The number of aromatic nitrogens is 3. The van der Waals surface area contributed by atoms with Crippen LogP contribution < -0.4 is 5.76 Å². The maximum Gasteiger partial charge on any atom is 0.417 e. The molecular weight excluding hydrogens is 254 g/mol. The summed E-state index contributed by atoms with van der Waals surface area (Å²) in [6, 6.07) is 7.17. The van der Waals surface area contributed by atoms with Gasteiger partial charge in [-0.3, -0.25) is 4.98 Å². The van der Waals surface area contributed by atoms with E-state index in [-0.39, 0.29) is 5.88 Å². The Labute approximate surface area is 106 Å². The Hall–Kier alpha value is -2.14. The third kappa shape index (κ3) is 1.89. The van der Waals surface area contributed by atoms with Crippen LogP contribution in [0.5, 0.6) is 0 Å². The number of oxazole rings is 1. The molecule has 6 heteroatoms. The maximum absolute atomic E-state index is 11.1. The molecule has 0 aliphatic carbocycles. The summed E-state index contributed by atoms with van der Waals surface area (Å²) in [5.74, 6) is 0.353. The van der Waals surface area contributed by atoms with Crippen LogP contribution in [0.3, 0.4) is 0 Å². The molecule has 0 bridgehead atoms. The van der Waals surface area contributed by atoms with Crippen molar-refractivity contribution in [3.05, 3.63) is 46.8 Å². The molecule has 0 saturated heterocycles. The van der Waals surface area contributed by atoms with Crippen LogP contribution in [-0.2, 0) is 5.88 Å². The molecule has 0 saturated carbocycles. The van der Waals surface area contributed by atoms with Crippen LogP contribution in [0.1, 0.15) is 5.82 Å². The number of halogens is 1. The first-order chi connectivity index (χ1) is 8.76. The minimum Gasteiger partial charge on any atom is -0.408 e. The average molecular weight is 262 g/mol. The fraction of sp³-hybridized carbons (Fsp3) is 0.0833. The second kappa shape index (κ2) is 4.27. The van der Waals surface area contributed by atoms with Gasteiger partial charge in [-0.25, -0.2) is 14.8 Å². The van der Waals surface area contributed by atoms with E-state index < -0.39 is 5.76 Å². The van der Waals surface area contributed by atoms with Crippen molar-refractivity contribution in [2.45, 2.75) is 5.88 Å². The fourth-order valence-electron chi connectivity index (χ4n) is 1.73. The number of nitrogens with one attached hydrogen (secondary N) is 1. The number of hydrogen-bond acceptors (Lipinski definition) is 4. The van der Waals surface area contributed by atoms with E-state index in [0.717, 1.165) is 11.3 Å². The van der Waals surface area contributed by atoms with E-state index in [1.807, 2.05) is 6.07 Å². The maximum atomic E-state index is 11.1. The minimum atomic E-state index is -0.466. The van der Waals surface area contributed by atoms with Crippen molar-refractivity contribution in [1.82, 2.24) is 15.0 Å². The van der Waals surface area contributed by atoms with Gasteiger partial charge >= 0.3 is 5.76 Å². The Morgan fingerprint density at radius 2 is 2.22 bits per heavy atom. The molecular formula is C12H8ClN3O2. The quantitative estimate of drug-likeness (QED) is 0.719. The first kappa shape index (κ1) is 11.0. The van der Waals surface area contributed by atoms with Gasteiger partial charge in [0.25, 0.3) is 0 Å². The predicted octanol–water partition coefficient (Wildman–Crippen LogP) is 2.32. The highest BCUT2D eigenvalue weighted by Gasteiger charge is 2.06. The first-order valence-electron chi connectivity index (χ1n) is 5.27. The Bertz CT molecular complexity index is 763. The average Bonchev–Trinajstić information content (AvgIpc) is 2.77. The summed E-state index contributed by atoms with van der Waals surface area (Å²) in [6.07, 6.45) is 1.65. The number of nitrogens with zero attached hydrogens (tertiary/aromatic N) is 2. The molecule has 0 aliphatic rings. The lowest BCUT2D eigenvalue weighted by molar-refractivity contribution is 0.555. The normalized spacial score (nSPS) is 10.9. The lowest BCUT2D eigenvalue weighted by Gasteiger charge is -2.01. The molecule has 1 aromatic carbocycles. The van der Waals surface area contributed by atoms with Crippen LogP contribution in [0, 0.1) is 0 Å². The minimum absolute atomic E-state index is 0.259. The molecule has 3 aromatic rings. The summed E-state index contributed by atoms with van der Waals surface area (Å²) in [5, 5.41) is 0. The van der Waals surface area contributed by atoms with Gasteiger partial charge in [0, 0.05) is 11.8 Å². The number of rotatable bonds is 2. The SMILES string of the molecule is O=c1[nH]c2ccc(-c3ccnc(CCl)n3)cc2o1. The molecule has 2 aromatic heterocycles. The van der Waals surface area contributed by atoms with Gasteiger partial charge in [0.15, 0.2) is 5.58 Å². The lowest BCUT2D eigenvalue weighted by Crippen LogP contribution is -1.92. The molecule has 0 atom stereocenters. The van der Waals surface area contributed by atoms with Gasteiger partial charge < -0.3 is 4.42 Å². The van der Waals surface area contributed by atoms with E-state index in [4.69, 9.17) is 16.0 Å². The zero-order valence-corrected chi connectivity index (χ0v) is 9.94. The summed E-state index contributed by atoms with van der Waals surface area (Å²) in [7, 11) is 0. The second-order valence-electron chi connectivity index (χ2n) is 3.72. The van der Waals surface area contributed by atoms with Gasteiger partial charge in [0.2, 0.25) is 0 Å². The van der Waals surface area contributed by atoms with E-state index in [0.29, 0.717) is 16.9 Å². The van der Waals surface area contributed by atoms with Crippen LogP contribution >= 0.6 is 11.6 Å². The lowest BCUT2D eigenvalue weighted by atomic mass is 10.1. The van der Waals surface area contributed by atoms with E-state index in [1.165, 1.54) is 0 Å². The van der Waals surface area contributed by atoms with Crippen LogP contribution in [0.2, 0.25) is 0 Å². The van der Waals surface area contributed by atoms with Crippen LogP contribution in [0.25, 0.3) is 22.4 Å². The van der Waals surface area contributed by atoms with Gasteiger partial charge in [0.1, 0.15) is 5.82 Å². The van der Waals surface area contributed by atoms with Gasteiger partial charge in [0.05, 0.1) is 17.1 Å². The molecule has 18 heavy (non-hydrogen) atoms. The Morgan fingerprint density at radius 1 is 1.33 bits per heavy atom. The van der Waals surface area contributed by atoms with E-state index in [1.54, 1.807) is 24.4 Å². The largest absolute Gasteiger partial charge is 0.417 e. The summed E-state index contributed by atoms with van der Waals surface area (Å²) in [4.78, 5) is 22.0. The highest BCUT2D eigenvalue weighted by Crippen LogP contribution is 2.21. The smallest absolute Gasteiger partial charge is 0.408 e. The molecule has 0 amide bonds. The second-order valence-corrected chi connectivity index (χ2v) is 3.98. The molecule has 0 unspecified atom stereocenters. The van der Waals surface area contributed by atoms with E-state index in [9.17, 15) is 4.79 Å². The molecule has 0 radical (unpaired) electrons. The zero-order chi connectivity index (χ0) is 12.5. The van der Waals surface area contributed by atoms with Crippen molar-refractivity contribution in [3.63, 3.8) is 0 Å². The van der Waals surface area contributed by atoms with E-state index >= 15 is 0 Å². The van der Waals surface area contributed by atoms with Crippen LogP contribution in [0.4, 0.5) is 0 Å². The summed E-state index contributed by atoms with van der Waals surface area (Å²) in [6.45, 7) is 0. The third-order valence-electron chi connectivity index (χ3n) is 2.54. The molecule has 2 heterocycles. The van der Waals surface area contributed by atoms with Gasteiger partial charge in [-0.15, -0.1) is 11.6 Å². The van der Waals surface area contributed by atoms with Crippen LogP contribution in [-0.4, -0.2) is 15.0 Å². The first-order valence-corrected chi connectivity index (χ1v) is 5.81. The molecule has 3 rings (SSSR count). The molecule has 90 valence electrons. The Balaban J connectivity index is 2.15. The monoisotopic (exact) mass is 261 g/mol. The van der Waals surface area contributed by atoms with Crippen LogP contribution in [0.15, 0.2) is 39.7 Å². The van der Waals surface area contributed by atoms with Gasteiger partial charge in [-0.05, 0) is 18.2 Å². The van der Waals surface area contributed by atoms with Crippen molar-refractivity contribution in [1.29, 1.82) is 0 Å². The topological polar surface area (TPSA) is 71.8 Å². The Kier molecular flexibility index (Phi) is 2.60. The zero-order valence-electron chi connectivity index (χ0n) is 9.18. The standard InChI is InChI=1S/C12H8ClN3O2/c13-6-11-14-4-3-8(15-11)7-1-2-9-10(5-7)18-12(17)16-9/h1-5H,6H2,(H,16,17). The highest BCUT2D eigenvalue weighted by atomic mass is 35.5. The summed E-state index contributed by atoms with van der Waals surface area (Å²) in [5.41, 5.74) is 2.75. The number of hydrogen-bond donors (Lipinski definition) is 1. The number of alkyl halides is 1. The number of fused-ring (bicyclic) bond motifs is 1. The Morgan fingerprint density at radius 3 is 3.06 bits per heavy atom. The number of H-pyrrole nitrogens is 1. The van der Waals surface area contributed by atoms with Crippen molar-refractivity contribution in [3.8, 4) is 11.3 Å². The van der Waals surface area contributed by atoms with Gasteiger partial charge in [-0.2, -0.15) is 0 Å². The van der Waals surface area contributed by atoms with Crippen molar-refractivity contribution in [2.75, 3.05) is 0 Å². The number of aromatic amines is 1. The summed E-state index contributed by atoms with van der Waals surface area (Å²) >= 11 is 5.69. The van der Waals surface area contributed by atoms with Crippen molar-refractivity contribution >= 4 is 22.7 Å². The van der Waals surface area contributed by atoms with Crippen molar-refractivity contribution < 1.29 is 4.42 Å². The van der Waals surface area contributed by atoms with Crippen molar-refractivity contribution in [2.24, 2.45) is 0 Å². The van der Waals surface area contributed by atoms with E-state index in [2.05, 4.69) is 15.0 Å². The summed E-state index contributed by atoms with van der Waals surface area (Å²) < 4.78 is 5.01. The molecule has 5 nitrogen and oxygen atoms in total. The third-order valence-corrected chi connectivity index (χ3v) is 2.78. The van der Waals surface area contributed by atoms with Gasteiger partial charge in [-0.1, -0.05) is 6.07 Å². The predicted molar refractivity (Wildman–Crippen MR) is 67.4 cm³/mol. The molecule has 1 N–H and O–H groups in total. The number of benzene rings is 1.